The van der Waals surface area contributed by atoms with E-state index in [1.807, 2.05) is 30.3 Å². The molecule has 76 valence electrons. The monoisotopic (exact) mass is 200 g/mol. The number of amides is 1. The summed E-state index contributed by atoms with van der Waals surface area (Å²) in [5, 5.41) is 0.998. The van der Waals surface area contributed by atoms with Crippen LogP contribution in [-0.4, -0.2) is 17.9 Å². The summed E-state index contributed by atoms with van der Waals surface area (Å²) in [5.74, 6) is 0.0198. The summed E-state index contributed by atoms with van der Waals surface area (Å²) in [6.45, 7) is 1.55. The van der Waals surface area contributed by atoms with Crippen LogP contribution in [0.5, 0.6) is 0 Å². The van der Waals surface area contributed by atoms with Crippen molar-refractivity contribution >= 4 is 22.5 Å². The number of para-hydroxylation sites is 1. The number of fused-ring (bicyclic) bond motifs is 1. The molecule has 0 unspecified atom stereocenters. The van der Waals surface area contributed by atoms with Crippen molar-refractivity contribution in [3.63, 3.8) is 0 Å². The van der Waals surface area contributed by atoms with E-state index in [1.54, 1.807) is 25.1 Å². The summed E-state index contributed by atoms with van der Waals surface area (Å²) in [4.78, 5) is 17.2. The third kappa shape index (κ3) is 1.68. The standard InChI is InChI=1S/C12H12N2O/c1-9(15)14(2)12-7-8-13-11-6-4-3-5-10(11)12/h3-8H,1-2H3. The zero-order valence-corrected chi connectivity index (χ0v) is 8.77. The SMILES string of the molecule is CC(=O)N(C)c1ccnc2ccccc12. The molecule has 0 fully saturated rings. The van der Waals surface area contributed by atoms with Crippen LogP contribution >= 0.6 is 0 Å². The molecule has 2 aromatic rings. The highest BCUT2D eigenvalue weighted by atomic mass is 16.2. The third-order valence-corrected chi connectivity index (χ3v) is 2.46. The maximum Gasteiger partial charge on any atom is 0.223 e. The maximum atomic E-state index is 11.3. The van der Waals surface area contributed by atoms with Gasteiger partial charge in [-0.3, -0.25) is 9.78 Å². The molecular formula is C12H12N2O. The first-order valence-electron chi connectivity index (χ1n) is 4.78. The second-order valence-electron chi connectivity index (χ2n) is 3.43. The molecule has 0 aliphatic rings. The average molecular weight is 200 g/mol. The Kier molecular flexibility index (Phi) is 2.37. The summed E-state index contributed by atoms with van der Waals surface area (Å²) in [5.41, 5.74) is 1.80. The molecular weight excluding hydrogens is 188 g/mol. The van der Waals surface area contributed by atoms with Gasteiger partial charge in [0.1, 0.15) is 0 Å². The second-order valence-corrected chi connectivity index (χ2v) is 3.43. The minimum Gasteiger partial charge on any atom is -0.315 e. The van der Waals surface area contributed by atoms with Gasteiger partial charge in [-0.25, -0.2) is 0 Å². The Labute approximate surface area is 88.3 Å². The molecule has 0 radical (unpaired) electrons. The van der Waals surface area contributed by atoms with E-state index in [4.69, 9.17) is 0 Å². The first-order chi connectivity index (χ1) is 7.20. The molecule has 3 nitrogen and oxygen atoms in total. The van der Waals surface area contributed by atoms with Crippen LogP contribution in [-0.2, 0) is 4.79 Å². The van der Waals surface area contributed by atoms with E-state index in [-0.39, 0.29) is 5.91 Å². The lowest BCUT2D eigenvalue weighted by atomic mass is 10.2. The van der Waals surface area contributed by atoms with Gasteiger partial charge in [-0.2, -0.15) is 0 Å². The highest BCUT2D eigenvalue weighted by Crippen LogP contribution is 2.23. The van der Waals surface area contributed by atoms with Crippen molar-refractivity contribution in [3.8, 4) is 0 Å². The molecule has 0 aliphatic heterocycles. The van der Waals surface area contributed by atoms with E-state index in [9.17, 15) is 4.79 Å². The van der Waals surface area contributed by atoms with Gasteiger partial charge in [0, 0.05) is 25.6 Å². The topological polar surface area (TPSA) is 33.2 Å². The Morgan fingerprint density at radius 1 is 1.27 bits per heavy atom. The number of pyridine rings is 1. The van der Waals surface area contributed by atoms with Crippen LogP contribution in [0.25, 0.3) is 10.9 Å². The maximum absolute atomic E-state index is 11.3. The first-order valence-corrected chi connectivity index (χ1v) is 4.78. The minimum atomic E-state index is 0.0198. The van der Waals surface area contributed by atoms with Gasteiger partial charge in [0.2, 0.25) is 5.91 Å². The molecule has 3 heteroatoms. The number of nitrogens with zero attached hydrogens (tertiary/aromatic N) is 2. The molecule has 1 aromatic heterocycles. The summed E-state index contributed by atoms with van der Waals surface area (Å²) in [6.07, 6.45) is 1.72. The lowest BCUT2D eigenvalue weighted by molar-refractivity contribution is -0.116. The second kappa shape index (κ2) is 3.69. The molecule has 0 saturated heterocycles. The quantitative estimate of drug-likeness (QED) is 0.707. The van der Waals surface area contributed by atoms with Crippen LogP contribution < -0.4 is 4.90 Å². The highest BCUT2D eigenvalue weighted by Gasteiger charge is 2.08. The fourth-order valence-electron chi connectivity index (χ4n) is 1.54. The van der Waals surface area contributed by atoms with Gasteiger partial charge in [0.05, 0.1) is 11.2 Å². The van der Waals surface area contributed by atoms with Crippen molar-refractivity contribution in [1.29, 1.82) is 0 Å². The van der Waals surface area contributed by atoms with Crippen molar-refractivity contribution < 1.29 is 4.79 Å². The predicted octanol–water partition coefficient (Wildman–Crippen LogP) is 2.22. The van der Waals surface area contributed by atoms with Crippen LogP contribution in [0.3, 0.4) is 0 Å². The van der Waals surface area contributed by atoms with E-state index in [0.29, 0.717) is 0 Å². The highest BCUT2D eigenvalue weighted by molar-refractivity contribution is 6.01. The molecule has 0 aliphatic carbocycles. The Morgan fingerprint density at radius 3 is 2.73 bits per heavy atom. The van der Waals surface area contributed by atoms with Crippen LogP contribution in [0.15, 0.2) is 36.5 Å². The number of aromatic nitrogens is 1. The van der Waals surface area contributed by atoms with Crippen molar-refractivity contribution in [2.75, 3.05) is 11.9 Å². The first kappa shape index (κ1) is 9.65. The zero-order valence-electron chi connectivity index (χ0n) is 8.77. The van der Waals surface area contributed by atoms with Gasteiger partial charge >= 0.3 is 0 Å². The van der Waals surface area contributed by atoms with Gasteiger partial charge in [-0.05, 0) is 12.1 Å². The molecule has 2 rings (SSSR count). The van der Waals surface area contributed by atoms with Gasteiger partial charge in [0.25, 0.3) is 0 Å². The number of carbonyl (C=O) groups is 1. The van der Waals surface area contributed by atoms with Gasteiger partial charge in [-0.1, -0.05) is 18.2 Å². The Balaban J connectivity index is 2.65. The number of hydrogen-bond donors (Lipinski definition) is 0. The lowest BCUT2D eigenvalue weighted by Crippen LogP contribution is -2.23. The van der Waals surface area contributed by atoms with E-state index >= 15 is 0 Å². The molecule has 0 bridgehead atoms. The zero-order chi connectivity index (χ0) is 10.8. The van der Waals surface area contributed by atoms with Gasteiger partial charge < -0.3 is 4.90 Å². The molecule has 0 saturated carbocycles. The van der Waals surface area contributed by atoms with Gasteiger partial charge in [0.15, 0.2) is 0 Å². The summed E-state index contributed by atoms with van der Waals surface area (Å²) < 4.78 is 0. The Morgan fingerprint density at radius 2 is 2.00 bits per heavy atom. The van der Waals surface area contributed by atoms with Crippen LogP contribution in [0.4, 0.5) is 5.69 Å². The number of carbonyl (C=O) groups excluding carboxylic acids is 1. The lowest BCUT2D eigenvalue weighted by Gasteiger charge is -2.16. The molecule has 1 amide bonds. The molecule has 0 N–H and O–H groups in total. The van der Waals surface area contributed by atoms with Crippen LogP contribution in [0, 0.1) is 0 Å². The fourth-order valence-corrected chi connectivity index (χ4v) is 1.54. The molecule has 15 heavy (non-hydrogen) atoms. The summed E-state index contributed by atoms with van der Waals surface area (Å²) >= 11 is 0. The third-order valence-electron chi connectivity index (χ3n) is 2.46. The van der Waals surface area contributed by atoms with Crippen LogP contribution in [0.2, 0.25) is 0 Å². The number of rotatable bonds is 1. The normalized spacial score (nSPS) is 10.3. The van der Waals surface area contributed by atoms with E-state index in [2.05, 4.69) is 4.98 Å². The minimum absolute atomic E-state index is 0.0198. The predicted molar refractivity (Wildman–Crippen MR) is 60.8 cm³/mol. The Bertz CT molecular complexity index is 502. The molecule has 0 spiro atoms. The van der Waals surface area contributed by atoms with Crippen molar-refractivity contribution in [3.05, 3.63) is 36.5 Å². The average Bonchev–Trinajstić information content (AvgIpc) is 2.27. The van der Waals surface area contributed by atoms with E-state index in [0.717, 1.165) is 16.6 Å². The number of benzene rings is 1. The number of hydrogen-bond acceptors (Lipinski definition) is 2. The summed E-state index contributed by atoms with van der Waals surface area (Å²) in [7, 11) is 1.77. The molecule has 1 heterocycles. The van der Waals surface area contributed by atoms with Crippen LogP contribution in [0.1, 0.15) is 6.92 Å². The van der Waals surface area contributed by atoms with Gasteiger partial charge in [-0.15, -0.1) is 0 Å². The van der Waals surface area contributed by atoms with E-state index < -0.39 is 0 Å². The van der Waals surface area contributed by atoms with Crippen molar-refractivity contribution in [2.45, 2.75) is 6.92 Å². The van der Waals surface area contributed by atoms with Crippen molar-refractivity contribution in [1.82, 2.24) is 4.98 Å². The number of anilines is 1. The fraction of sp³-hybridized carbons (Fsp3) is 0.167. The Hall–Kier alpha value is -1.90. The van der Waals surface area contributed by atoms with E-state index in [1.165, 1.54) is 0 Å². The molecule has 0 atom stereocenters. The largest absolute Gasteiger partial charge is 0.315 e. The summed E-state index contributed by atoms with van der Waals surface area (Å²) in [6, 6.07) is 9.64. The van der Waals surface area contributed by atoms with Crippen molar-refractivity contribution in [2.24, 2.45) is 0 Å². The smallest absolute Gasteiger partial charge is 0.223 e. The molecule has 1 aromatic carbocycles.